The molecule has 1 aromatic heterocycles. The summed E-state index contributed by atoms with van der Waals surface area (Å²) in [6, 6.07) is 4.89. The molecule has 0 saturated carbocycles. The Balaban J connectivity index is 2.74. The number of nitrogens with zero attached hydrogens (tertiary/aromatic N) is 1. The molecule has 0 fully saturated rings. The number of aliphatic hydroxyl groups excluding tert-OH is 1. The average Bonchev–Trinajstić information content (AvgIpc) is 2.59. The maximum absolute atomic E-state index is 12.7. The lowest BCUT2D eigenvalue weighted by molar-refractivity contribution is -0.123. The van der Waals surface area contributed by atoms with Crippen LogP contribution in [0.5, 0.6) is 5.88 Å². The van der Waals surface area contributed by atoms with Gasteiger partial charge in [-0.2, -0.15) is 0 Å². The molecule has 0 bridgehead atoms. The van der Waals surface area contributed by atoms with E-state index in [1.165, 1.54) is 7.11 Å². The molecule has 1 aromatic carbocycles. The second-order valence-electron chi connectivity index (χ2n) is 7.64. The van der Waals surface area contributed by atoms with Crippen LogP contribution in [0.1, 0.15) is 56.2 Å². The molecule has 0 aliphatic rings. The number of aryl methyl sites for hydroxylation is 1. The minimum Gasteiger partial charge on any atom is -0.479 e. The van der Waals surface area contributed by atoms with Gasteiger partial charge in [-0.15, -0.1) is 0 Å². The Kier molecular flexibility index (Phi) is 6.97. The van der Waals surface area contributed by atoms with Crippen molar-refractivity contribution < 1.29 is 14.6 Å². The van der Waals surface area contributed by atoms with E-state index in [1.807, 2.05) is 34.6 Å². The summed E-state index contributed by atoms with van der Waals surface area (Å²) in [6.45, 7) is 9.24. The lowest BCUT2D eigenvalue weighted by Crippen LogP contribution is -2.29. The molecule has 1 amide bonds. The Morgan fingerprint density at radius 1 is 1.25 bits per heavy atom. The number of rotatable bonds is 5. The molecule has 1 unspecified atom stereocenters. The van der Waals surface area contributed by atoms with Crippen molar-refractivity contribution in [2.45, 2.75) is 47.1 Å². The van der Waals surface area contributed by atoms with Crippen molar-refractivity contribution in [3.8, 4) is 5.88 Å². The van der Waals surface area contributed by atoms with Gasteiger partial charge in [-0.25, -0.2) is 4.98 Å². The number of carbonyl (C=O) groups is 1. The van der Waals surface area contributed by atoms with Crippen molar-refractivity contribution >= 4 is 34.8 Å². The first-order valence-corrected chi connectivity index (χ1v) is 9.78. The van der Waals surface area contributed by atoms with E-state index in [2.05, 4.69) is 10.3 Å². The van der Waals surface area contributed by atoms with Gasteiger partial charge < -0.3 is 15.2 Å². The zero-order chi connectivity index (χ0) is 21.2. The Morgan fingerprint density at radius 3 is 2.29 bits per heavy atom. The van der Waals surface area contributed by atoms with Gasteiger partial charge in [0, 0.05) is 26.7 Å². The van der Waals surface area contributed by atoms with Crippen LogP contribution in [-0.2, 0) is 11.2 Å². The van der Waals surface area contributed by atoms with Gasteiger partial charge in [-0.3, -0.25) is 4.79 Å². The third-order valence-corrected chi connectivity index (χ3v) is 4.89. The molecule has 0 spiro atoms. The van der Waals surface area contributed by atoms with Gasteiger partial charge in [0.15, 0.2) is 0 Å². The van der Waals surface area contributed by atoms with Crippen molar-refractivity contribution in [2.24, 2.45) is 5.41 Å². The topological polar surface area (TPSA) is 71.5 Å². The first kappa shape index (κ1) is 22.5. The van der Waals surface area contributed by atoms with E-state index in [1.54, 1.807) is 18.2 Å². The number of ether oxygens (including phenoxy) is 1. The van der Waals surface area contributed by atoms with E-state index < -0.39 is 11.5 Å². The molecule has 0 saturated heterocycles. The van der Waals surface area contributed by atoms with Crippen molar-refractivity contribution in [2.75, 3.05) is 12.4 Å². The van der Waals surface area contributed by atoms with E-state index in [9.17, 15) is 9.90 Å². The molecule has 0 aliphatic heterocycles. The van der Waals surface area contributed by atoms with Crippen molar-refractivity contribution in [1.29, 1.82) is 0 Å². The molecule has 7 heteroatoms. The fraction of sp³-hybridized carbons (Fsp3) is 0.429. The molecule has 2 aromatic rings. The molecular weight excluding hydrogens is 399 g/mol. The zero-order valence-electron chi connectivity index (χ0n) is 17.0. The minimum atomic E-state index is -1.07. The van der Waals surface area contributed by atoms with E-state index in [-0.39, 0.29) is 11.8 Å². The summed E-state index contributed by atoms with van der Waals surface area (Å²) in [5.41, 5.74) is 2.32. The van der Waals surface area contributed by atoms with Crippen LogP contribution < -0.4 is 10.1 Å². The van der Waals surface area contributed by atoms with Crippen LogP contribution in [0.2, 0.25) is 10.0 Å². The number of aromatic nitrogens is 1. The van der Waals surface area contributed by atoms with Crippen LogP contribution in [0.25, 0.3) is 0 Å². The Hall–Kier alpha value is -1.82. The fourth-order valence-electron chi connectivity index (χ4n) is 2.95. The van der Waals surface area contributed by atoms with Gasteiger partial charge >= 0.3 is 0 Å². The number of halogens is 2. The number of hydrogen-bond donors (Lipinski definition) is 2. The number of anilines is 1. The Morgan fingerprint density at radius 2 is 1.82 bits per heavy atom. The van der Waals surface area contributed by atoms with Gasteiger partial charge in [0.1, 0.15) is 11.8 Å². The van der Waals surface area contributed by atoms with Crippen LogP contribution in [0.4, 0.5) is 5.69 Å². The molecule has 1 heterocycles. The van der Waals surface area contributed by atoms with Crippen LogP contribution >= 0.6 is 23.2 Å². The number of pyridine rings is 1. The largest absolute Gasteiger partial charge is 0.479 e. The molecule has 2 N–H and O–H groups in total. The highest BCUT2D eigenvalue weighted by molar-refractivity contribution is 6.34. The van der Waals surface area contributed by atoms with E-state index >= 15 is 0 Å². The maximum atomic E-state index is 12.7. The number of hydrogen-bond acceptors (Lipinski definition) is 4. The first-order valence-electron chi connectivity index (χ1n) is 9.02. The summed E-state index contributed by atoms with van der Waals surface area (Å²) < 4.78 is 5.42. The summed E-state index contributed by atoms with van der Waals surface area (Å²) >= 11 is 12.3. The SMILES string of the molecule is CCc1c(C)nc(OC)c(NC(=O)C(C)(C)C)c1C(O)c1cc(Cl)cc(Cl)c1. The quantitative estimate of drug-likeness (QED) is 0.679. The molecule has 28 heavy (non-hydrogen) atoms. The van der Waals surface area contributed by atoms with Crippen LogP contribution in [0.15, 0.2) is 18.2 Å². The van der Waals surface area contributed by atoms with Crippen molar-refractivity contribution in [1.82, 2.24) is 4.98 Å². The molecule has 152 valence electrons. The molecule has 0 radical (unpaired) electrons. The lowest BCUT2D eigenvalue weighted by Gasteiger charge is -2.25. The van der Waals surface area contributed by atoms with Gasteiger partial charge in [-0.1, -0.05) is 50.9 Å². The predicted octanol–water partition coefficient (Wildman–Crippen LogP) is 5.33. The monoisotopic (exact) mass is 424 g/mol. The lowest BCUT2D eigenvalue weighted by atomic mass is 9.91. The second kappa shape index (κ2) is 8.68. The summed E-state index contributed by atoms with van der Waals surface area (Å²) in [6.07, 6.45) is -0.459. The average molecular weight is 425 g/mol. The highest BCUT2D eigenvalue weighted by Gasteiger charge is 2.29. The number of aliphatic hydroxyl groups is 1. The second-order valence-corrected chi connectivity index (χ2v) is 8.51. The van der Waals surface area contributed by atoms with Crippen molar-refractivity contribution in [3.05, 3.63) is 50.6 Å². The molecule has 2 rings (SSSR count). The van der Waals surface area contributed by atoms with Crippen LogP contribution in [-0.4, -0.2) is 23.1 Å². The predicted molar refractivity (Wildman–Crippen MR) is 114 cm³/mol. The Bertz CT molecular complexity index is 872. The maximum Gasteiger partial charge on any atom is 0.238 e. The number of carbonyl (C=O) groups excluding carboxylic acids is 1. The van der Waals surface area contributed by atoms with E-state index in [4.69, 9.17) is 27.9 Å². The summed E-state index contributed by atoms with van der Waals surface area (Å²) in [5.74, 6) is 0.0329. The number of methoxy groups -OCH3 is 1. The zero-order valence-corrected chi connectivity index (χ0v) is 18.5. The van der Waals surface area contributed by atoms with Gasteiger partial charge in [0.05, 0.1) is 7.11 Å². The van der Waals surface area contributed by atoms with Gasteiger partial charge in [-0.05, 0) is 42.7 Å². The highest BCUT2D eigenvalue weighted by Crippen LogP contribution is 2.40. The number of nitrogens with one attached hydrogen (secondary N) is 1. The van der Waals surface area contributed by atoms with E-state index in [0.717, 1.165) is 11.3 Å². The molecule has 0 aliphatic carbocycles. The highest BCUT2D eigenvalue weighted by atomic mass is 35.5. The third kappa shape index (κ3) is 4.77. The Labute approximate surface area is 176 Å². The first-order chi connectivity index (χ1) is 13.0. The normalized spacial score (nSPS) is 12.6. The van der Waals surface area contributed by atoms with Crippen LogP contribution in [0.3, 0.4) is 0 Å². The van der Waals surface area contributed by atoms with Crippen molar-refractivity contribution in [3.63, 3.8) is 0 Å². The van der Waals surface area contributed by atoms with Gasteiger partial charge in [0.25, 0.3) is 0 Å². The van der Waals surface area contributed by atoms with Crippen LogP contribution in [0, 0.1) is 12.3 Å². The van der Waals surface area contributed by atoms with Gasteiger partial charge in [0.2, 0.25) is 11.8 Å². The number of amides is 1. The summed E-state index contributed by atoms with van der Waals surface area (Å²) in [7, 11) is 1.48. The fourth-order valence-corrected chi connectivity index (χ4v) is 3.50. The third-order valence-electron chi connectivity index (χ3n) is 4.45. The standard InChI is InChI=1S/C21H26Cl2N2O3/c1-7-15-11(2)24-19(28-6)17(25-20(27)21(3,4)5)16(15)18(26)12-8-13(22)10-14(23)9-12/h8-10,18,26H,7H2,1-6H3,(H,25,27). The van der Waals surface area contributed by atoms with E-state index in [0.29, 0.717) is 33.3 Å². The smallest absolute Gasteiger partial charge is 0.238 e. The molecule has 1 atom stereocenters. The molecule has 5 nitrogen and oxygen atoms in total. The summed E-state index contributed by atoms with van der Waals surface area (Å²) in [4.78, 5) is 17.2. The minimum absolute atomic E-state index is 0.212. The summed E-state index contributed by atoms with van der Waals surface area (Å²) in [5, 5.41) is 15.0. The molecular formula is C21H26Cl2N2O3. The number of benzene rings is 1.